The Labute approximate surface area is 192 Å². The van der Waals surface area contributed by atoms with E-state index in [0.717, 1.165) is 5.69 Å². The predicted octanol–water partition coefficient (Wildman–Crippen LogP) is 5.55. The Morgan fingerprint density at radius 3 is 2.16 bits per heavy atom. The molecule has 0 saturated heterocycles. The molecule has 0 radical (unpaired) electrons. The molecule has 0 aliphatic carbocycles. The first kappa shape index (κ1) is 21.7. The molecule has 0 bridgehead atoms. The number of benzene rings is 3. The van der Waals surface area contributed by atoms with Crippen LogP contribution in [0.25, 0.3) is 5.57 Å². The van der Waals surface area contributed by atoms with Crippen LogP contribution in [0.15, 0.2) is 84.6 Å². The summed E-state index contributed by atoms with van der Waals surface area (Å²) in [5.74, 6) is -0.303. The van der Waals surface area contributed by atoms with Gasteiger partial charge in [0.25, 0.3) is 11.8 Å². The Kier molecular flexibility index (Phi) is 6.28. The van der Waals surface area contributed by atoms with Crippen molar-refractivity contribution in [3.63, 3.8) is 0 Å². The van der Waals surface area contributed by atoms with E-state index in [9.17, 15) is 9.59 Å². The van der Waals surface area contributed by atoms with Crippen LogP contribution in [0.5, 0.6) is 5.75 Å². The number of carbonyl (C=O) groups is 2. The molecule has 2 amide bonds. The number of anilines is 2. The number of hydrogen-bond acceptors (Lipinski definition) is 4. The molecule has 1 heterocycles. The van der Waals surface area contributed by atoms with Crippen molar-refractivity contribution in [1.29, 1.82) is 0 Å². The third-order valence-electron chi connectivity index (χ3n) is 5.25. The first-order chi connectivity index (χ1) is 15.6. The third-order valence-corrected chi connectivity index (χ3v) is 5.50. The van der Waals surface area contributed by atoms with E-state index in [1.54, 1.807) is 42.5 Å². The maximum absolute atomic E-state index is 13.8. The molecule has 162 valence electrons. The second kappa shape index (κ2) is 9.28. The molecule has 0 saturated carbocycles. The van der Waals surface area contributed by atoms with Crippen molar-refractivity contribution in [2.75, 3.05) is 23.0 Å². The van der Waals surface area contributed by atoms with E-state index < -0.39 is 11.8 Å². The van der Waals surface area contributed by atoms with Gasteiger partial charge >= 0.3 is 0 Å². The number of nitrogens with zero attached hydrogens (tertiary/aromatic N) is 2. The molecule has 3 aromatic carbocycles. The topological polar surface area (TPSA) is 49.9 Å². The Balaban J connectivity index is 1.91. The summed E-state index contributed by atoms with van der Waals surface area (Å²) in [5.41, 5.74) is 2.56. The molecule has 0 unspecified atom stereocenters. The zero-order valence-electron chi connectivity index (χ0n) is 17.9. The van der Waals surface area contributed by atoms with Crippen molar-refractivity contribution in [3.8, 4) is 5.75 Å². The first-order valence-corrected chi connectivity index (χ1v) is 10.9. The summed E-state index contributed by atoms with van der Waals surface area (Å²) >= 11 is 6.08. The monoisotopic (exact) mass is 446 g/mol. The summed E-state index contributed by atoms with van der Waals surface area (Å²) in [6.07, 6.45) is 0. The summed E-state index contributed by atoms with van der Waals surface area (Å²) in [7, 11) is 0. The van der Waals surface area contributed by atoms with Crippen molar-refractivity contribution < 1.29 is 14.3 Å². The minimum atomic E-state index is -0.395. The van der Waals surface area contributed by atoms with Crippen molar-refractivity contribution >= 4 is 40.4 Å². The van der Waals surface area contributed by atoms with Gasteiger partial charge in [-0.1, -0.05) is 54.1 Å². The maximum atomic E-state index is 13.8. The Hall–Kier alpha value is -3.57. The molecule has 0 aromatic heterocycles. The number of rotatable bonds is 7. The number of amides is 2. The van der Waals surface area contributed by atoms with Crippen LogP contribution in [0.4, 0.5) is 11.4 Å². The molecule has 32 heavy (non-hydrogen) atoms. The van der Waals surface area contributed by atoms with Gasteiger partial charge in [-0.25, -0.2) is 4.90 Å². The summed E-state index contributed by atoms with van der Waals surface area (Å²) in [5, 5.41) is 0.557. The van der Waals surface area contributed by atoms with Crippen molar-refractivity contribution in [3.05, 3.63) is 95.1 Å². The number of imide groups is 1. The molecule has 0 atom stereocenters. The van der Waals surface area contributed by atoms with E-state index in [1.807, 2.05) is 55.1 Å². The van der Waals surface area contributed by atoms with Gasteiger partial charge in [0.1, 0.15) is 11.4 Å². The molecular formula is C26H23ClN2O3. The molecule has 0 N–H and O–H groups in total. The maximum Gasteiger partial charge on any atom is 0.282 e. The molecule has 5 nitrogen and oxygen atoms in total. The highest BCUT2D eigenvalue weighted by Crippen LogP contribution is 2.39. The van der Waals surface area contributed by atoms with E-state index >= 15 is 0 Å². The highest BCUT2D eigenvalue weighted by atomic mass is 35.5. The highest BCUT2D eigenvalue weighted by Gasteiger charge is 2.43. The SMILES string of the molecule is CCOc1ccccc1N1C(=O)C(c2ccc(Cl)cc2)=C(N(CC)c2ccccc2)C1=O. The Morgan fingerprint density at radius 2 is 1.50 bits per heavy atom. The van der Waals surface area contributed by atoms with Crippen LogP contribution in [0.3, 0.4) is 0 Å². The normalized spacial score (nSPS) is 13.7. The van der Waals surface area contributed by atoms with E-state index in [2.05, 4.69) is 0 Å². The van der Waals surface area contributed by atoms with Gasteiger partial charge in [0.2, 0.25) is 0 Å². The van der Waals surface area contributed by atoms with Crippen LogP contribution in [-0.4, -0.2) is 25.0 Å². The Bertz CT molecular complexity index is 1170. The second-order valence-corrected chi connectivity index (χ2v) is 7.59. The number of hydrogen-bond donors (Lipinski definition) is 0. The van der Waals surface area contributed by atoms with Crippen molar-refractivity contribution in [2.24, 2.45) is 0 Å². The predicted molar refractivity (Wildman–Crippen MR) is 128 cm³/mol. The van der Waals surface area contributed by atoms with Gasteiger partial charge in [0.05, 0.1) is 17.9 Å². The fourth-order valence-corrected chi connectivity index (χ4v) is 3.99. The lowest BCUT2D eigenvalue weighted by molar-refractivity contribution is -0.120. The zero-order valence-corrected chi connectivity index (χ0v) is 18.7. The van der Waals surface area contributed by atoms with Crippen LogP contribution in [-0.2, 0) is 9.59 Å². The first-order valence-electron chi connectivity index (χ1n) is 10.5. The summed E-state index contributed by atoms with van der Waals surface area (Å²) in [6.45, 7) is 4.74. The van der Waals surface area contributed by atoms with Crippen LogP contribution < -0.4 is 14.5 Å². The lowest BCUT2D eigenvalue weighted by Gasteiger charge is -2.25. The quantitative estimate of drug-likeness (QED) is 0.446. The van der Waals surface area contributed by atoms with E-state index in [1.165, 1.54) is 4.90 Å². The van der Waals surface area contributed by atoms with Gasteiger partial charge in [-0.3, -0.25) is 9.59 Å². The van der Waals surface area contributed by atoms with Crippen molar-refractivity contribution in [2.45, 2.75) is 13.8 Å². The van der Waals surface area contributed by atoms with E-state index in [4.69, 9.17) is 16.3 Å². The fourth-order valence-electron chi connectivity index (χ4n) is 3.86. The molecule has 0 spiro atoms. The third kappa shape index (κ3) is 3.87. The number of para-hydroxylation sites is 3. The van der Waals surface area contributed by atoms with Gasteiger partial charge < -0.3 is 9.64 Å². The molecular weight excluding hydrogens is 424 g/mol. The number of likely N-dealkylation sites (N-methyl/N-ethyl adjacent to an activating group) is 1. The van der Waals surface area contributed by atoms with Gasteiger partial charge in [0.15, 0.2) is 0 Å². The number of ether oxygens (including phenoxy) is 1. The average Bonchev–Trinajstić information content (AvgIpc) is 3.06. The van der Waals surface area contributed by atoms with E-state index in [-0.39, 0.29) is 0 Å². The lowest BCUT2D eigenvalue weighted by atomic mass is 10.0. The summed E-state index contributed by atoms with van der Waals surface area (Å²) < 4.78 is 5.71. The molecule has 1 aliphatic rings. The average molecular weight is 447 g/mol. The minimum Gasteiger partial charge on any atom is -0.492 e. The van der Waals surface area contributed by atoms with Crippen molar-refractivity contribution in [1.82, 2.24) is 0 Å². The summed E-state index contributed by atoms with van der Waals surface area (Å²) in [6, 6.07) is 23.6. The molecule has 4 rings (SSSR count). The molecule has 6 heteroatoms. The fraction of sp³-hybridized carbons (Fsp3) is 0.154. The minimum absolute atomic E-state index is 0.331. The van der Waals surface area contributed by atoms with Crippen LogP contribution in [0, 0.1) is 0 Å². The van der Waals surface area contributed by atoms with Gasteiger partial charge in [-0.15, -0.1) is 0 Å². The zero-order chi connectivity index (χ0) is 22.7. The number of carbonyl (C=O) groups excluding carboxylic acids is 2. The highest BCUT2D eigenvalue weighted by molar-refractivity contribution is 6.46. The Morgan fingerprint density at radius 1 is 0.844 bits per heavy atom. The smallest absolute Gasteiger partial charge is 0.282 e. The van der Waals surface area contributed by atoms with E-state index in [0.29, 0.717) is 46.4 Å². The van der Waals surface area contributed by atoms with Crippen LogP contribution in [0.1, 0.15) is 19.4 Å². The molecule has 3 aromatic rings. The molecule has 0 fully saturated rings. The summed E-state index contributed by atoms with van der Waals surface area (Å²) in [4.78, 5) is 30.6. The lowest BCUT2D eigenvalue weighted by Crippen LogP contribution is -2.35. The standard InChI is InChI=1S/C26H23ClN2O3/c1-3-28(20-10-6-5-7-11-20)24-23(18-14-16-19(27)17-15-18)25(30)29(26(24)31)21-12-8-9-13-22(21)32-4-2/h5-17H,3-4H2,1-2H3. The van der Waals surface area contributed by atoms with Gasteiger partial charge in [-0.2, -0.15) is 0 Å². The molecule has 1 aliphatic heterocycles. The largest absolute Gasteiger partial charge is 0.492 e. The second-order valence-electron chi connectivity index (χ2n) is 7.16. The van der Waals surface area contributed by atoms with Gasteiger partial charge in [-0.05, 0) is 55.8 Å². The van der Waals surface area contributed by atoms with Gasteiger partial charge in [0, 0.05) is 17.3 Å². The number of halogens is 1. The van der Waals surface area contributed by atoms with Crippen LogP contribution >= 0.6 is 11.6 Å². The van der Waals surface area contributed by atoms with Crippen LogP contribution in [0.2, 0.25) is 5.02 Å².